The highest BCUT2D eigenvalue weighted by atomic mass is 32.2. The lowest BCUT2D eigenvalue weighted by atomic mass is 10.1. The number of fused-ring (bicyclic) bond motifs is 1. The molecule has 1 aliphatic heterocycles. The maximum atomic E-state index is 12.3. The molecule has 7 nitrogen and oxygen atoms in total. The molecule has 4 rings (SSSR count). The largest absolute Gasteiger partial charge is 0.497 e. The first-order chi connectivity index (χ1) is 15.8. The number of ether oxygens (including phenoxy) is 2. The first-order valence-electron chi connectivity index (χ1n) is 10.8. The van der Waals surface area contributed by atoms with Gasteiger partial charge in [0.1, 0.15) is 11.4 Å². The van der Waals surface area contributed by atoms with Crippen LogP contribution in [0.2, 0.25) is 0 Å². The predicted molar refractivity (Wildman–Crippen MR) is 126 cm³/mol. The predicted octanol–water partition coefficient (Wildman–Crippen LogP) is 3.43. The summed E-state index contributed by atoms with van der Waals surface area (Å²) in [7, 11) is -1.89. The van der Waals surface area contributed by atoms with Crippen molar-refractivity contribution in [3.8, 4) is 23.3 Å². The van der Waals surface area contributed by atoms with Crippen molar-refractivity contribution < 1.29 is 17.9 Å². The van der Waals surface area contributed by atoms with E-state index in [-0.39, 0.29) is 17.0 Å². The average molecular weight is 466 g/mol. The van der Waals surface area contributed by atoms with Gasteiger partial charge < -0.3 is 9.47 Å². The fourth-order valence-corrected chi connectivity index (χ4v) is 4.92. The van der Waals surface area contributed by atoms with Crippen molar-refractivity contribution in [1.82, 2.24) is 14.5 Å². The molecule has 0 amide bonds. The summed E-state index contributed by atoms with van der Waals surface area (Å²) < 4.78 is 40.2. The molecule has 172 valence electrons. The highest BCUT2D eigenvalue weighted by Crippen LogP contribution is 2.27. The summed E-state index contributed by atoms with van der Waals surface area (Å²) in [5, 5.41) is 4.77. The Morgan fingerprint density at radius 1 is 1.12 bits per heavy atom. The number of aromatic nitrogens is 2. The van der Waals surface area contributed by atoms with E-state index in [0.29, 0.717) is 17.9 Å². The van der Waals surface area contributed by atoms with Crippen LogP contribution in [-0.4, -0.2) is 37.5 Å². The molecule has 0 fully saturated rings. The highest BCUT2D eigenvalue weighted by Gasteiger charge is 2.25. The highest BCUT2D eigenvalue weighted by molar-refractivity contribution is 7.89. The van der Waals surface area contributed by atoms with E-state index in [4.69, 9.17) is 14.6 Å². The van der Waals surface area contributed by atoms with E-state index in [1.807, 2.05) is 35.9 Å². The summed E-state index contributed by atoms with van der Waals surface area (Å²) in [6, 6.07) is 14.1. The zero-order valence-corrected chi connectivity index (χ0v) is 19.9. The number of nitrogens with zero attached hydrogens (tertiary/aromatic N) is 2. The van der Waals surface area contributed by atoms with Gasteiger partial charge in [-0.25, -0.2) is 17.8 Å². The summed E-state index contributed by atoms with van der Waals surface area (Å²) in [4.78, 5) is 0.213. The minimum absolute atomic E-state index is 0.0981. The van der Waals surface area contributed by atoms with Gasteiger partial charge in [-0.3, -0.25) is 0 Å². The van der Waals surface area contributed by atoms with Crippen LogP contribution < -0.4 is 9.46 Å². The van der Waals surface area contributed by atoms with E-state index < -0.39 is 10.0 Å². The molecule has 2 heterocycles. The summed E-state index contributed by atoms with van der Waals surface area (Å²) >= 11 is 0. The van der Waals surface area contributed by atoms with E-state index >= 15 is 0 Å². The van der Waals surface area contributed by atoms with Gasteiger partial charge >= 0.3 is 0 Å². The van der Waals surface area contributed by atoms with Crippen LogP contribution in [0.15, 0.2) is 53.4 Å². The average Bonchev–Trinajstić information content (AvgIpc) is 3.15. The van der Waals surface area contributed by atoms with E-state index in [0.717, 1.165) is 29.1 Å². The monoisotopic (exact) mass is 465 g/mol. The molecule has 0 aliphatic carbocycles. The molecular formula is C25H27N3O4S. The molecule has 0 unspecified atom stereocenters. The molecule has 0 saturated carbocycles. The lowest BCUT2D eigenvalue weighted by Gasteiger charge is -2.20. The van der Waals surface area contributed by atoms with Gasteiger partial charge in [0.15, 0.2) is 0 Å². The molecular weight excluding hydrogens is 438 g/mol. The number of benzene rings is 2. The van der Waals surface area contributed by atoms with E-state index in [1.165, 1.54) is 0 Å². The van der Waals surface area contributed by atoms with Gasteiger partial charge in [0.25, 0.3) is 0 Å². The maximum absolute atomic E-state index is 12.3. The third kappa shape index (κ3) is 5.11. The third-order valence-corrected chi connectivity index (χ3v) is 6.96. The maximum Gasteiger partial charge on any atom is 0.240 e. The summed E-state index contributed by atoms with van der Waals surface area (Å²) in [6.07, 6.45) is 0.840. The molecule has 1 atom stereocenters. The normalized spacial score (nSPS) is 15.6. The number of rotatable bonds is 5. The second-order valence-electron chi connectivity index (χ2n) is 8.26. The number of hydrogen-bond donors (Lipinski definition) is 1. The van der Waals surface area contributed by atoms with Crippen LogP contribution in [0.5, 0.6) is 5.75 Å². The van der Waals surface area contributed by atoms with Crippen molar-refractivity contribution in [2.45, 2.75) is 50.8 Å². The van der Waals surface area contributed by atoms with Crippen LogP contribution in [0, 0.1) is 11.8 Å². The Kier molecular flexibility index (Phi) is 6.56. The van der Waals surface area contributed by atoms with Gasteiger partial charge in [-0.2, -0.15) is 5.10 Å². The Morgan fingerprint density at radius 3 is 2.45 bits per heavy atom. The summed E-state index contributed by atoms with van der Waals surface area (Å²) in [5.74, 6) is 7.05. The van der Waals surface area contributed by atoms with Crippen LogP contribution in [0.4, 0.5) is 0 Å². The lowest BCUT2D eigenvalue weighted by molar-refractivity contribution is 0.0397. The second kappa shape index (κ2) is 9.40. The van der Waals surface area contributed by atoms with Crippen molar-refractivity contribution >= 4 is 10.0 Å². The molecule has 3 aromatic rings. The summed E-state index contributed by atoms with van der Waals surface area (Å²) in [5.41, 5.74) is 4.37. The molecule has 1 N–H and O–H groups in total. The standard InChI is InChI=1S/C25H27N3O4S/c1-17(2)27-33(29,30)22-12-5-19(6-13-22)7-14-24-23-16-32-18(3)15-25(23)28(26-24)20-8-10-21(31-4)11-9-20/h5-6,8-13,17-18,27H,15-16H2,1-4H3/t18-/m0/s1. The van der Waals surface area contributed by atoms with E-state index in [9.17, 15) is 8.42 Å². The van der Waals surface area contributed by atoms with Crippen molar-refractivity contribution in [2.75, 3.05) is 7.11 Å². The number of methoxy groups -OCH3 is 1. The Labute approximate surface area is 194 Å². The van der Waals surface area contributed by atoms with E-state index in [2.05, 4.69) is 16.6 Å². The third-order valence-electron chi connectivity index (χ3n) is 5.28. The van der Waals surface area contributed by atoms with Crippen LogP contribution in [-0.2, 0) is 27.8 Å². The Morgan fingerprint density at radius 2 is 1.82 bits per heavy atom. The number of hydrogen-bond acceptors (Lipinski definition) is 5. The molecule has 8 heteroatoms. The molecule has 0 radical (unpaired) electrons. The number of sulfonamides is 1. The minimum atomic E-state index is -3.53. The van der Waals surface area contributed by atoms with Crippen LogP contribution in [0.1, 0.15) is 43.3 Å². The Bertz CT molecular complexity index is 1300. The second-order valence-corrected chi connectivity index (χ2v) is 9.97. The topological polar surface area (TPSA) is 82.5 Å². The van der Waals surface area contributed by atoms with Gasteiger partial charge in [0.2, 0.25) is 10.0 Å². The van der Waals surface area contributed by atoms with Crippen molar-refractivity contribution in [1.29, 1.82) is 0 Å². The van der Waals surface area contributed by atoms with Crippen molar-refractivity contribution in [2.24, 2.45) is 0 Å². The van der Waals surface area contributed by atoms with Gasteiger partial charge in [0, 0.05) is 23.6 Å². The van der Waals surface area contributed by atoms with Crippen LogP contribution >= 0.6 is 0 Å². The van der Waals surface area contributed by atoms with Gasteiger partial charge in [-0.05, 0) is 75.2 Å². The van der Waals surface area contributed by atoms with Crippen LogP contribution in [0.3, 0.4) is 0 Å². The first-order valence-corrected chi connectivity index (χ1v) is 12.3. The van der Waals surface area contributed by atoms with Gasteiger partial charge in [-0.15, -0.1) is 0 Å². The quantitative estimate of drug-likeness (QED) is 0.584. The van der Waals surface area contributed by atoms with Crippen molar-refractivity contribution in [3.05, 3.63) is 71.0 Å². The molecule has 1 aliphatic rings. The lowest BCUT2D eigenvalue weighted by Crippen LogP contribution is -2.30. The zero-order valence-electron chi connectivity index (χ0n) is 19.1. The molecule has 2 aromatic carbocycles. The molecule has 33 heavy (non-hydrogen) atoms. The Hall–Kier alpha value is -3.12. The fraction of sp³-hybridized carbons (Fsp3) is 0.320. The first kappa shape index (κ1) is 23.1. The fourth-order valence-electron chi connectivity index (χ4n) is 3.67. The number of nitrogens with one attached hydrogen (secondary N) is 1. The molecule has 0 saturated heterocycles. The molecule has 0 spiro atoms. The van der Waals surface area contributed by atoms with Crippen LogP contribution in [0.25, 0.3) is 5.69 Å². The SMILES string of the molecule is COc1ccc(-n2nc(C#Cc3ccc(S(=O)(=O)NC(C)C)cc3)c3c2C[C@H](C)OC3)cc1. The van der Waals surface area contributed by atoms with Crippen molar-refractivity contribution in [3.63, 3.8) is 0 Å². The van der Waals surface area contributed by atoms with E-state index in [1.54, 1.807) is 45.2 Å². The Balaban J connectivity index is 1.66. The summed E-state index contributed by atoms with van der Waals surface area (Å²) in [6.45, 7) is 6.07. The molecule has 1 aromatic heterocycles. The zero-order chi connectivity index (χ0) is 23.6. The van der Waals surface area contributed by atoms with Gasteiger partial charge in [-0.1, -0.05) is 5.92 Å². The van der Waals surface area contributed by atoms with Gasteiger partial charge in [0.05, 0.1) is 36.1 Å². The molecule has 0 bridgehead atoms. The smallest absolute Gasteiger partial charge is 0.240 e. The minimum Gasteiger partial charge on any atom is -0.497 e.